The standard InChI is InChI=1S/2C14H9F3O2/c2*15-14(16,17)10-7-5-9(6-8-10)11-3-1-2-4-12(11)13(18)19/h2*1-8H,(H,18,19). The first-order valence-corrected chi connectivity index (χ1v) is 10.8. The fourth-order valence-electron chi connectivity index (χ4n) is 3.52. The molecule has 0 atom stereocenters. The highest BCUT2D eigenvalue weighted by Gasteiger charge is 2.31. The topological polar surface area (TPSA) is 74.6 Å². The number of alkyl halides is 6. The van der Waals surface area contributed by atoms with Crippen molar-refractivity contribution in [2.75, 3.05) is 0 Å². The number of carboxylic acid groups (broad SMARTS) is 2. The summed E-state index contributed by atoms with van der Waals surface area (Å²) in [7, 11) is 0. The summed E-state index contributed by atoms with van der Waals surface area (Å²) in [4.78, 5) is 22.1. The zero-order valence-electron chi connectivity index (χ0n) is 19.2. The molecule has 38 heavy (non-hydrogen) atoms. The fourth-order valence-corrected chi connectivity index (χ4v) is 3.52. The first-order valence-electron chi connectivity index (χ1n) is 10.8. The van der Waals surface area contributed by atoms with Gasteiger partial charge in [-0.25, -0.2) is 9.59 Å². The number of aromatic carboxylic acids is 2. The molecule has 0 aliphatic heterocycles. The molecule has 0 aliphatic carbocycles. The average molecular weight is 532 g/mol. The van der Waals surface area contributed by atoms with Crippen molar-refractivity contribution in [2.24, 2.45) is 0 Å². The third kappa shape index (κ3) is 6.78. The molecule has 0 fully saturated rings. The van der Waals surface area contributed by atoms with E-state index >= 15 is 0 Å². The lowest BCUT2D eigenvalue weighted by Gasteiger charge is -2.09. The van der Waals surface area contributed by atoms with Crippen molar-refractivity contribution in [2.45, 2.75) is 12.4 Å². The molecular formula is C28H18F6O4. The van der Waals surface area contributed by atoms with Crippen molar-refractivity contribution >= 4 is 11.9 Å². The first-order chi connectivity index (χ1) is 17.8. The van der Waals surface area contributed by atoms with Gasteiger partial charge in [0, 0.05) is 0 Å². The third-order valence-electron chi connectivity index (χ3n) is 5.36. The molecule has 0 bridgehead atoms. The van der Waals surface area contributed by atoms with Crippen LogP contribution < -0.4 is 0 Å². The molecule has 10 heteroatoms. The second-order valence-corrected chi connectivity index (χ2v) is 7.85. The summed E-state index contributed by atoms with van der Waals surface area (Å²) in [6.45, 7) is 0. The van der Waals surface area contributed by atoms with E-state index in [1.165, 1.54) is 36.4 Å². The van der Waals surface area contributed by atoms with E-state index in [4.69, 9.17) is 10.2 Å². The van der Waals surface area contributed by atoms with E-state index in [9.17, 15) is 35.9 Å². The van der Waals surface area contributed by atoms with Crippen LogP contribution in [0.5, 0.6) is 0 Å². The summed E-state index contributed by atoms with van der Waals surface area (Å²) in [6, 6.07) is 21.2. The lowest BCUT2D eigenvalue weighted by molar-refractivity contribution is -0.138. The molecule has 0 unspecified atom stereocenters. The van der Waals surface area contributed by atoms with Gasteiger partial charge < -0.3 is 10.2 Å². The summed E-state index contributed by atoms with van der Waals surface area (Å²) in [6.07, 6.45) is -8.80. The van der Waals surface area contributed by atoms with Crippen LogP contribution in [0.2, 0.25) is 0 Å². The zero-order chi connectivity index (χ0) is 28.1. The maximum Gasteiger partial charge on any atom is 0.416 e. The van der Waals surface area contributed by atoms with Crippen LogP contribution in [0.3, 0.4) is 0 Å². The second kappa shape index (κ2) is 11.2. The Labute approximate surface area is 212 Å². The molecular weight excluding hydrogens is 514 g/mol. The number of carbonyl (C=O) groups is 2. The van der Waals surface area contributed by atoms with E-state index < -0.39 is 35.4 Å². The van der Waals surface area contributed by atoms with Crippen molar-refractivity contribution in [1.82, 2.24) is 0 Å². The molecule has 0 aromatic heterocycles. The van der Waals surface area contributed by atoms with E-state index in [0.717, 1.165) is 24.3 Å². The van der Waals surface area contributed by atoms with Crippen LogP contribution in [0.25, 0.3) is 22.3 Å². The minimum absolute atomic E-state index is 0.0576. The van der Waals surface area contributed by atoms with Crippen LogP contribution in [0.15, 0.2) is 97.1 Å². The van der Waals surface area contributed by atoms with Crippen LogP contribution in [-0.4, -0.2) is 22.2 Å². The average Bonchev–Trinajstić information content (AvgIpc) is 2.88. The normalized spacial score (nSPS) is 11.3. The molecule has 0 saturated heterocycles. The molecule has 0 amide bonds. The van der Waals surface area contributed by atoms with Gasteiger partial charge in [-0.3, -0.25) is 0 Å². The van der Waals surface area contributed by atoms with Gasteiger partial charge in [-0.2, -0.15) is 26.3 Å². The van der Waals surface area contributed by atoms with E-state index in [1.54, 1.807) is 36.4 Å². The van der Waals surface area contributed by atoms with Crippen LogP contribution >= 0.6 is 0 Å². The maximum atomic E-state index is 12.4. The van der Waals surface area contributed by atoms with Crippen molar-refractivity contribution in [1.29, 1.82) is 0 Å². The highest BCUT2D eigenvalue weighted by molar-refractivity contribution is 5.96. The lowest BCUT2D eigenvalue weighted by atomic mass is 9.99. The van der Waals surface area contributed by atoms with E-state index in [-0.39, 0.29) is 11.1 Å². The number of rotatable bonds is 4. The molecule has 0 heterocycles. The van der Waals surface area contributed by atoms with Gasteiger partial charge >= 0.3 is 24.3 Å². The van der Waals surface area contributed by atoms with Crippen LogP contribution in [0, 0.1) is 0 Å². The molecule has 4 nitrogen and oxygen atoms in total. The van der Waals surface area contributed by atoms with Gasteiger partial charge in [0.1, 0.15) is 0 Å². The Hall–Kier alpha value is -4.60. The predicted octanol–water partition coefficient (Wildman–Crippen LogP) is 8.14. The Balaban J connectivity index is 0.000000211. The molecule has 0 saturated carbocycles. The number of carboxylic acids is 2. The van der Waals surface area contributed by atoms with Gasteiger partial charge in [0.2, 0.25) is 0 Å². The van der Waals surface area contributed by atoms with Crippen molar-refractivity contribution in [3.63, 3.8) is 0 Å². The van der Waals surface area contributed by atoms with Crippen LogP contribution in [0.1, 0.15) is 31.8 Å². The molecule has 196 valence electrons. The molecule has 4 aromatic carbocycles. The largest absolute Gasteiger partial charge is 0.478 e. The quantitative estimate of drug-likeness (QED) is 0.260. The molecule has 0 radical (unpaired) electrons. The van der Waals surface area contributed by atoms with Crippen LogP contribution in [0.4, 0.5) is 26.3 Å². The van der Waals surface area contributed by atoms with Gasteiger partial charge in [0.25, 0.3) is 0 Å². The zero-order valence-corrected chi connectivity index (χ0v) is 19.2. The smallest absolute Gasteiger partial charge is 0.416 e. The lowest BCUT2D eigenvalue weighted by Crippen LogP contribution is -2.04. The predicted molar refractivity (Wildman–Crippen MR) is 128 cm³/mol. The third-order valence-corrected chi connectivity index (χ3v) is 5.36. The molecule has 0 aliphatic rings. The van der Waals surface area contributed by atoms with Crippen molar-refractivity contribution in [3.8, 4) is 22.3 Å². The second-order valence-electron chi connectivity index (χ2n) is 7.85. The molecule has 4 aromatic rings. The molecule has 0 spiro atoms. The highest BCUT2D eigenvalue weighted by Crippen LogP contribution is 2.33. The minimum atomic E-state index is -4.40. The van der Waals surface area contributed by atoms with Crippen molar-refractivity contribution in [3.05, 3.63) is 119 Å². The van der Waals surface area contributed by atoms with Gasteiger partial charge in [0.15, 0.2) is 0 Å². The first kappa shape index (κ1) is 28.0. The Bertz CT molecular complexity index is 1310. The Morgan fingerprint density at radius 2 is 0.763 bits per heavy atom. The van der Waals surface area contributed by atoms with Crippen molar-refractivity contribution < 1.29 is 46.1 Å². The van der Waals surface area contributed by atoms with Gasteiger partial charge in [-0.05, 0) is 58.7 Å². The van der Waals surface area contributed by atoms with Gasteiger partial charge in [-0.1, -0.05) is 60.7 Å². The summed E-state index contributed by atoms with van der Waals surface area (Å²) in [5.74, 6) is -2.23. The number of hydrogen-bond donors (Lipinski definition) is 2. The Morgan fingerprint density at radius 3 is 1.03 bits per heavy atom. The number of hydrogen-bond acceptors (Lipinski definition) is 2. The maximum absolute atomic E-state index is 12.4. The van der Waals surface area contributed by atoms with E-state index in [2.05, 4.69) is 0 Å². The van der Waals surface area contributed by atoms with Crippen LogP contribution in [-0.2, 0) is 12.4 Å². The summed E-state index contributed by atoms with van der Waals surface area (Å²) < 4.78 is 74.6. The highest BCUT2D eigenvalue weighted by atomic mass is 19.4. The molecule has 4 rings (SSSR count). The van der Waals surface area contributed by atoms with E-state index in [0.29, 0.717) is 22.3 Å². The minimum Gasteiger partial charge on any atom is -0.478 e. The fraction of sp³-hybridized carbons (Fsp3) is 0.0714. The van der Waals surface area contributed by atoms with Gasteiger partial charge in [-0.15, -0.1) is 0 Å². The Morgan fingerprint density at radius 1 is 0.474 bits per heavy atom. The number of benzene rings is 4. The summed E-state index contributed by atoms with van der Waals surface area (Å²) in [5.41, 5.74) is 0.252. The van der Waals surface area contributed by atoms with E-state index in [1.807, 2.05) is 0 Å². The number of halogens is 6. The molecule has 2 N–H and O–H groups in total. The summed E-state index contributed by atoms with van der Waals surface area (Å²) in [5, 5.41) is 18.1. The monoisotopic (exact) mass is 532 g/mol. The Kier molecular flexibility index (Phi) is 8.25. The van der Waals surface area contributed by atoms with Gasteiger partial charge in [0.05, 0.1) is 22.3 Å². The summed E-state index contributed by atoms with van der Waals surface area (Å²) >= 11 is 0. The SMILES string of the molecule is O=C(O)c1ccccc1-c1ccc(C(F)(F)F)cc1.O=C(O)c1ccccc1-c1ccc(C(F)(F)F)cc1.